The van der Waals surface area contributed by atoms with Crippen LogP contribution in [0.5, 0.6) is 0 Å². The van der Waals surface area contributed by atoms with E-state index in [0.717, 1.165) is 10.6 Å². The van der Waals surface area contributed by atoms with E-state index in [9.17, 15) is 9.18 Å². The monoisotopic (exact) mass is 357 g/mol. The van der Waals surface area contributed by atoms with Gasteiger partial charge in [-0.05, 0) is 36.6 Å². The van der Waals surface area contributed by atoms with Crippen molar-refractivity contribution in [2.75, 3.05) is 11.6 Å². The van der Waals surface area contributed by atoms with Gasteiger partial charge in [-0.1, -0.05) is 23.4 Å². The van der Waals surface area contributed by atoms with Crippen LogP contribution in [0.15, 0.2) is 57.9 Å². The van der Waals surface area contributed by atoms with Crippen molar-refractivity contribution in [1.82, 2.24) is 10.1 Å². The smallest absolute Gasteiger partial charge is 0.227 e. The van der Waals surface area contributed by atoms with Gasteiger partial charge in [-0.25, -0.2) is 4.39 Å². The van der Waals surface area contributed by atoms with Gasteiger partial charge in [0.2, 0.25) is 17.6 Å². The quantitative estimate of drug-likeness (QED) is 0.671. The van der Waals surface area contributed by atoms with Crippen LogP contribution in [0.3, 0.4) is 0 Å². The standard InChI is InChI=1S/C18H16FN3O2S/c1-25-13-6-4-5-12(11-13)20-16(23)9-10-17-21-18(22-24-17)14-7-2-3-8-15(14)19/h2-8,11H,9-10H2,1H3,(H,20,23). The molecule has 0 saturated heterocycles. The zero-order chi connectivity index (χ0) is 17.6. The third-order valence-electron chi connectivity index (χ3n) is 3.50. The highest BCUT2D eigenvalue weighted by molar-refractivity contribution is 7.98. The summed E-state index contributed by atoms with van der Waals surface area (Å²) in [6.07, 6.45) is 2.46. The van der Waals surface area contributed by atoms with Gasteiger partial charge in [-0.2, -0.15) is 4.98 Å². The average molecular weight is 357 g/mol. The first kappa shape index (κ1) is 17.2. The van der Waals surface area contributed by atoms with Crippen molar-refractivity contribution >= 4 is 23.4 Å². The third-order valence-corrected chi connectivity index (χ3v) is 4.23. The summed E-state index contributed by atoms with van der Waals surface area (Å²) < 4.78 is 18.8. The number of halogens is 1. The number of anilines is 1. The van der Waals surface area contributed by atoms with Crippen molar-refractivity contribution in [3.05, 3.63) is 60.2 Å². The van der Waals surface area contributed by atoms with E-state index in [-0.39, 0.29) is 30.1 Å². The predicted octanol–water partition coefficient (Wildman–Crippen LogP) is 4.17. The van der Waals surface area contributed by atoms with Crippen LogP contribution < -0.4 is 5.32 Å². The molecule has 5 nitrogen and oxygen atoms in total. The molecule has 0 saturated carbocycles. The molecule has 0 spiro atoms. The summed E-state index contributed by atoms with van der Waals surface area (Å²) in [5.74, 6) is -0.0855. The lowest BCUT2D eigenvalue weighted by Crippen LogP contribution is -2.12. The van der Waals surface area contributed by atoms with Gasteiger partial charge in [-0.3, -0.25) is 4.79 Å². The van der Waals surface area contributed by atoms with Crippen LogP contribution in [0.25, 0.3) is 11.4 Å². The number of benzene rings is 2. The molecule has 3 rings (SSSR count). The van der Waals surface area contributed by atoms with Crippen molar-refractivity contribution in [2.45, 2.75) is 17.7 Å². The summed E-state index contributed by atoms with van der Waals surface area (Å²) in [5, 5.41) is 6.60. The van der Waals surface area contributed by atoms with E-state index in [4.69, 9.17) is 4.52 Å². The molecule has 0 aliphatic carbocycles. The number of aromatic nitrogens is 2. The van der Waals surface area contributed by atoms with Gasteiger partial charge in [0, 0.05) is 23.4 Å². The Hall–Kier alpha value is -2.67. The van der Waals surface area contributed by atoms with Crippen LogP contribution in [0.1, 0.15) is 12.3 Å². The topological polar surface area (TPSA) is 68.0 Å². The molecule has 0 unspecified atom stereocenters. The van der Waals surface area contributed by atoms with Crippen molar-refractivity contribution in [2.24, 2.45) is 0 Å². The Labute approximate surface area is 148 Å². The lowest BCUT2D eigenvalue weighted by atomic mass is 10.2. The molecule has 0 aliphatic heterocycles. The Morgan fingerprint density at radius 1 is 1.24 bits per heavy atom. The van der Waals surface area contributed by atoms with E-state index < -0.39 is 5.82 Å². The van der Waals surface area contributed by atoms with Gasteiger partial charge in [0.05, 0.1) is 5.56 Å². The number of carbonyl (C=O) groups is 1. The lowest BCUT2D eigenvalue weighted by Gasteiger charge is -2.05. The van der Waals surface area contributed by atoms with E-state index in [0.29, 0.717) is 5.89 Å². The van der Waals surface area contributed by atoms with Gasteiger partial charge in [0.1, 0.15) is 5.82 Å². The van der Waals surface area contributed by atoms with Crippen LogP contribution in [-0.4, -0.2) is 22.3 Å². The van der Waals surface area contributed by atoms with Crippen LogP contribution >= 0.6 is 11.8 Å². The Bertz CT molecular complexity index is 882. The molecule has 0 atom stereocenters. The summed E-state index contributed by atoms with van der Waals surface area (Å²) in [5.41, 5.74) is 1.02. The highest BCUT2D eigenvalue weighted by Crippen LogP contribution is 2.20. The molecule has 128 valence electrons. The third kappa shape index (κ3) is 4.45. The van der Waals surface area contributed by atoms with E-state index >= 15 is 0 Å². The zero-order valence-corrected chi connectivity index (χ0v) is 14.3. The second-order valence-corrected chi connectivity index (χ2v) is 6.15. The summed E-state index contributed by atoms with van der Waals surface area (Å²) in [7, 11) is 0. The maximum atomic E-state index is 13.7. The van der Waals surface area contributed by atoms with E-state index in [1.807, 2.05) is 30.5 Å². The first-order valence-electron chi connectivity index (χ1n) is 7.67. The maximum Gasteiger partial charge on any atom is 0.227 e. The van der Waals surface area contributed by atoms with Crippen molar-refractivity contribution in [1.29, 1.82) is 0 Å². The molecule has 2 aromatic carbocycles. The fourth-order valence-corrected chi connectivity index (χ4v) is 2.71. The summed E-state index contributed by atoms with van der Waals surface area (Å²) >= 11 is 1.61. The number of hydrogen-bond donors (Lipinski definition) is 1. The minimum atomic E-state index is -0.415. The van der Waals surface area contributed by atoms with Crippen LogP contribution in [0.2, 0.25) is 0 Å². The molecular weight excluding hydrogens is 341 g/mol. The molecular formula is C18H16FN3O2S. The van der Waals surface area contributed by atoms with Crippen LogP contribution in [-0.2, 0) is 11.2 Å². The summed E-state index contributed by atoms with van der Waals surface area (Å²) in [6.45, 7) is 0. The summed E-state index contributed by atoms with van der Waals surface area (Å²) in [4.78, 5) is 17.3. The molecule has 1 N–H and O–H groups in total. The molecule has 1 amide bonds. The minimum absolute atomic E-state index is 0.149. The summed E-state index contributed by atoms with van der Waals surface area (Å²) in [6, 6.07) is 13.8. The van der Waals surface area contributed by atoms with Crippen LogP contribution in [0.4, 0.5) is 10.1 Å². The number of aryl methyl sites for hydroxylation is 1. The van der Waals surface area contributed by atoms with E-state index in [1.165, 1.54) is 6.07 Å². The molecule has 25 heavy (non-hydrogen) atoms. The van der Waals surface area contributed by atoms with Gasteiger partial charge >= 0.3 is 0 Å². The number of carbonyl (C=O) groups excluding carboxylic acids is 1. The van der Waals surface area contributed by atoms with E-state index in [2.05, 4.69) is 15.5 Å². The number of nitrogens with zero attached hydrogens (tertiary/aromatic N) is 2. The number of amides is 1. The SMILES string of the molecule is CSc1cccc(NC(=O)CCc2nc(-c3ccccc3F)no2)c1. The Kier molecular flexibility index (Phi) is 5.45. The van der Waals surface area contributed by atoms with Gasteiger partial charge < -0.3 is 9.84 Å². The van der Waals surface area contributed by atoms with E-state index in [1.54, 1.807) is 30.0 Å². The highest BCUT2D eigenvalue weighted by Gasteiger charge is 2.13. The van der Waals surface area contributed by atoms with Crippen LogP contribution in [0, 0.1) is 5.82 Å². The molecule has 1 aromatic heterocycles. The highest BCUT2D eigenvalue weighted by atomic mass is 32.2. The first-order valence-corrected chi connectivity index (χ1v) is 8.89. The Morgan fingerprint density at radius 3 is 2.88 bits per heavy atom. The number of hydrogen-bond acceptors (Lipinski definition) is 5. The molecule has 0 bridgehead atoms. The lowest BCUT2D eigenvalue weighted by molar-refractivity contribution is -0.116. The predicted molar refractivity (Wildman–Crippen MR) is 94.9 cm³/mol. The molecule has 0 radical (unpaired) electrons. The Balaban J connectivity index is 1.58. The molecule has 1 heterocycles. The molecule has 0 aliphatic rings. The normalized spacial score (nSPS) is 10.6. The van der Waals surface area contributed by atoms with Crippen molar-refractivity contribution < 1.29 is 13.7 Å². The second-order valence-electron chi connectivity index (χ2n) is 5.27. The number of nitrogens with one attached hydrogen (secondary N) is 1. The molecule has 0 fully saturated rings. The molecule has 7 heteroatoms. The van der Waals surface area contributed by atoms with Crippen molar-refractivity contribution in [3.63, 3.8) is 0 Å². The maximum absolute atomic E-state index is 13.7. The minimum Gasteiger partial charge on any atom is -0.339 e. The Morgan fingerprint density at radius 2 is 2.08 bits per heavy atom. The largest absolute Gasteiger partial charge is 0.339 e. The van der Waals surface area contributed by atoms with Gasteiger partial charge in [0.25, 0.3) is 0 Å². The first-order chi connectivity index (χ1) is 12.2. The number of rotatable bonds is 6. The average Bonchev–Trinajstić information content (AvgIpc) is 3.09. The molecule has 3 aromatic rings. The second kappa shape index (κ2) is 7.94. The van der Waals surface area contributed by atoms with Gasteiger partial charge in [-0.15, -0.1) is 11.8 Å². The zero-order valence-electron chi connectivity index (χ0n) is 13.5. The van der Waals surface area contributed by atoms with Crippen molar-refractivity contribution in [3.8, 4) is 11.4 Å². The number of thioether (sulfide) groups is 1. The van der Waals surface area contributed by atoms with Gasteiger partial charge in [0.15, 0.2) is 0 Å². The fourth-order valence-electron chi connectivity index (χ4n) is 2.25. The fraction of sp³-hybridized carbons (Fsp3) is 0.167.